The number of halogens is 1. The molecule has 2 nitrogen and oxygen atoms in total. The molecule has 1 aliphatic rings. The van der Waals surface area contributed by atoms with E-state index in [1.165, 1.54) is 0 Å². The van der Waals surface area contributed by atoms with E-state index < -0.39 is 0 Å². The van der Waals surface area contributed by atoms with Crippen molar-refractivity contribution in [3.8, 4) is 0 Å². The molecule has 0 aromatic carbocycles. The fourth-order valence-electron chi connectivity index (χ4n) is 0.822. The van der Waals surface area contributed by atoms with Gasteiger partial charge in [-0.3, -0.25) is 0 Å². The molecule has 1 saturated heterocycles. The van der Waals surface area contributed by atoms with E-state index in [0.717, 1.165) is 19.6 Å². The molecule has 3 heteroatoms. The molecular weight excluding hydrogens is 107 g/mol. The highest BCUT2D eigenvalue weighted by Gasteiger charge is 2.09. The third-order valence-corrected chi connectivity index (χ3v) is 1.31. The van der Waals surface area contributed by atoms with E-state index in [9.17, 15) is 4.39 Å². The van der Waals surface area contributed by atoms with E-state index >= 15 is 0 Å². The summed E-state index contributed by atoms with van der Waals surface area (Å²) in [6, 6.07) is 0.0590. The van der Waals surface area contributed by atoms with E-state index in [0.29, 0.717) is 0 Å². The summed E-state index contributed by atoms with van der Waals surface area (Å²) in [5, 5.41) is 6.11. The summed E-state index contributed by atoms with van der Waals surface area (Å²) in [5.74, 6) is 0. The minimum atomic E-state index is -0.257. The quantitative estimate of drug-likeness (QED) is 0.486. The number of piperazine rings is 1. The summed E-state index contributed by atoms with van der Waals surface area (Å²) >= 11 is 0. The van der Waals surface area contributed by atoms with Gasteiger partial charge >= 0.3 is 0 Å². The zero-order valence-corrected chi connectivity index (χ0v) is 4.78. The average Bonchev–Trinajstić information content (AvgIpc) is 1.90. The van der Waals surface area contributed by atoms with E-state index in [1.807, 2.05) is 0 Å². The molecular formula is C5H11FN2. The first-order chi connectivity index (χ1) is 3.93. The molecule has 1 atom stereocenters. The largest absolute Gasteiger partial charge is 0.314 e. The number of hydrogen-bond donors (Lipinski definition) is 2. The Hall–Kier alpha value is -0.150. The molecule has 8 heavy (non-hydrogen) atoms. The van der Waals surface area contributed by atoms with Crippen molar-refractivity contribution in [2.24, 2.45) is 0 Å². The van der Waals surface area contributed by atoms with Crippen LogP contribution in [0.5, 0.6) is 0 Å². The van der Waals surface area contributed by atoms with Crippen LogP contribution in [0.15, 0.2) is 0 Å². The Morgan fingerprint density at radius 2 is 2.38 bits per heavy atom. The fourth-order valence-corrected chi connectivity index (χ4v) is 0.822. The van der Waals surface area contributed by atoms with Crippen LogP contribution in [0.2, 0.25) is 0 Å². The zero-order valence-electron chi connectivity index (χ0n) is 4.78. The zero-order chi connectivity index (χ0) is 5.82. The van der Waals surface area contributed by atoms with Gasteiger partial charge in [0.1, 0.15) is 6.67 Å². The van der Waals surface area contributed by atoms with E-state index in [-0.39, 0.29) is 12.7 Å². The first-order valence-corrected chi connectivity index (χ1v) is 2.93. The Balaban J connectivity index is 2.13. The van der Waals surface area contributed by atoms with Crippen molar-refractivity contribution in [1.29, 1.82) is 0 Å². The van der Waals surface area contributed by atoms with Crippen LogP contribution in [0.3, 0.4) is 0 Å². The lowest BCUT2D eigenvalue weighted by atomic mass is 10.3. The molecule has 0 amide bonds. The van der Waals surface area contributed by atoms with Crippen LogP contribution in [-0.2, 0) is 0 Å². The van der Waals surface area contributed by atoms with Gasteiger partial charge in [0.15, 0.2) is 0 Å². The molecule has 0 aromatic heterocycles. The summed E-state index contributed by atoms with van der Waals surface area (Å²) in [7, 11) is 0. The number of rotatable bonds is 1. The maximum absolute atomic E-state index is 11.8. The third-order valence-electron chi connectivity index (χ3n) is 1.31. The first-order valence-electron chi connectivity index (χ1n) is 2.93. The van der Waals surface area contributed by atoms with Gasteiger partial charge in [-0.25, -0.2) is 4.39 Å². The lowest BCUT2D eigenvalue weighted by Gasteiger charge is -2.21. The van der Waals surface area contributed by atoms with Gasteiger partial charge in [-0.1, -0.05) is 0 Å². The molecule has 0 aromatic rings. The second-order valence-corrected chi connectivity index (χ2v) is 2.01. The van der Waals surface area contributed by atoms with Crippen molar-refractivity contribution >= 4 is 0 Å². The van der Waals surface area contributed by atoms with Crippen molar-refractivity contribution in [2.75, 3.05) is 26.3 Å². The SMILES string of the molecule is FCC1CNCCN1. The highest BCUT2D eigenvalue weighted by atomic mass is 19.1. The number of nitrogens with one attached hydrogen (secondary N) is 2. The summed E-state index contributed by atoms with van der Waals surface area (Å²) in [6.45, 7) is 2.38. The molecule has 0 saturated carbocycles. The van der Waals surface area contributed by atoms with Crippen LogP contribution in [0, 0.1) is 0 Å². The Labute approximate surface area is 48.5 Å². The predicted octanol–water partition coefficient (Wildman–Crippen LogP) is -0.483. The number of alkyl halides is 1. The van der Waals surface area contributed by atoms with Crippen LogP contribution in [0.1, 0.15) is 0 Å². The monoisotopic (exact) mass is 118 g/mol. The van der Waals surface area contributed by atoms with Crippen LogP contribution in [0.4, 0.5) is 4.39 Å². The lowest BCUT2D eigenvalue weighted by Crippen LogP contribution is -2.49. The molecule has 0 spiro atoms. The maximum atomic E-state index is 11.8. The van der Waals surface area contributed by atoms with Crippen LogP contribution < -0.4 is 10.6 Å². The van der Waals surface area contributed by atoms with Gasteiger partial charge in [0.05, 0.1) is 0 Å². The molecule has 1 rings (SSSR count). The van der Waals surface area contributed by atoms with Gasteiger partial charge in [0, 0.05) is 25.7 Å². The normalized spacial score (nSPS) is 30.4. The maximum Gasteiger partial charge on any atom is 0.106 e. The van der Waals surface area contributed by atoms with Crippen molar-refractivity contribution in [1.82, 2.24) is 10.6 Å². The molecule has 0 bridgehead atoms. The smallest absolute Gasteiger partial charge is 0.106 e. The minimum Gasteiger partial charge on any atom is -0.314 e. The van der Waals surface area contributed by atoms with E-state index in [2.05, 4.69) is 10.6 Å². The Morgan fingerprint density at radius 3 is 2.75 bits per heavy atom. The highest BCUT2D eigenvalue weighted by Crippen LogP contribution is 1.85. The fraction of sp³-hybridized carbons (Fsp3) is 1.00. The second kappa shape index (κ2) is 2.99. The van der Waals surface area contributed by atoms with Crippen molar-refractivity contribution < 1.29 is 4.39 Å². The molecule has 48 valence electrons. The average molecular weight is 118 g/mol. The molecule has 0 radical (unpaired) electrons. The molecule has 1 heterocycles. The van der Waals surface area contributed by atoms with Gasteiger partial charge in [0.25, 0.3) is 0 Å². The van der Waals surface area contributed by atoms with Gasteiger partial charge in [-0.2, -0.15) is 0 Å². The molecule has 1 unspecified atom stereocenters. The van der Waals surface area contributed by atoms with E-state index in [1.54, 1.807) is 0 Å². The standard InChI is InChI=1S/C5H11FN2/c6-3-5-4-7-1-2-8-5/h5,7-8H,1-4H2. The first kappa shape index (κ1) is 5.98. The number of hydrogen-bond acceptors (Lipinski definition) is 2. The Morgan fingerprint density at radius 1 is 1.50 bits per heavy atom. The van der Waals surface area contributed by atoms with E-state index in [4.69, 9.17) is 0 Å². The van der Waals surface area contributed by atoms with Gasteiger partial charge in [-0.05, 0) is 0 Å². The predicted molar refractivity (Wildman–Crippen MR) is 30.6 cm³/mol. The summed E-state index contributed by atoms with van der Waals surface area (Å²) in [6.07, 6.45) is 0. The molecule has 0 aliphatic carbocycles. The topological polar surface area (TPSA) is 24.1 Å². The summed E-state index contributed by atoms with van der Waals surface area (Å²) < 4.78 is 11.8. The highest BCUT2D eigenvalue weighted by molar-refractivity contribution is 4.73. The van der Waals surface area contributed by atoms with Crippen LogP contribution in [-0.4, -0.2) is 32.4 Å². The van der Waals surface area contributed by atoms with Crippen LogP contribution in [0.25, 0.3) is 0 Å². The molecule has 1 fully saturated rings. The van der Waals surface area contributed by atoms with Crippen molar-refractivity contribution in [2.45, 2.75) is 6.04 Å². The summed E-state index contributed by atoms with van der Waals surface area (Å²) in [5.41, 5.74) is 0. The second-order valence-electron chi connectivity index (χ2n) is 2.01. The third kappa shape index (κ3) is 1.42. The van der Waals surface area contributed by atoms with Gasteiger partial charge in [-0.15, -0.1) is 0 Å². The Bertz CT molecular complexity index is 61.4. The molecule has 2 N–H and O–H groups in total. The lowest BCUT2D eigenvalue weighted by molar-refractivity contribution is 0.333. The summed E-state index contributed by atoms with van der Waals surface area (Å²) in [4.78, 5) is 0. The van der Waals surface area contributed by atoms with Gasteiger partial charge in [0.2, 0.25) is 0 Å². The van der Waals surface area contributed by atoms with Crippen LogP contribution >= 0.6 is 0 Å². The van der Waals surface area contributed by atoms with Crippen molar-refractivity contribution in [3.63, 3.8) is 0 Å². The molecule has 1 aliphatic heterocycles. The van der Waals surface area contributed by atoms with Crippen molar-refractivity contribution in [3.05, 3.63) is 0 Å². The van der Waals surface area contributed by atoms with Gasteiger partial charge < -0.3 is 10.6 Å². The minimum absolute atomic E-state index is 0.0590. The Kier molecular flexibility index (Phi) is 2.24.